The number of hydrogen-bond donors (Lipinski definition) is 3. The molecule has 2 unspecified atom stereocenters. The van der Waals surface area contributed by atoms with Crippen LogP contribution in [0.4, 0.5) is 0 Å². The first-order chi connectivity index (χ1) is 13.1. The molecule has 0 radical (unpaired) electrons. The number of aliphatic hydroxyl groups is 1. The molecule has 1 saturated carbocycles. The summed E-state index contributed by atoms with van der Waals surface area (Å²) >= 11 is 1.66. The summed E-state index contributed by atoms with van der Waals surface area (Å²) < 4.78 is 10.2. The van der Waals surface area contributed by atoms with Crippen molar-refractivity contribution < 1.29 is 49.3 Å². The van der Waals surface area contributed by atoms with E-state index >= 15 is 0 Å². The van der Waals surface area contributed by atoms with E-state index in [0.29, 0.717) is 19.6 Å². The van der Waals surface area contributed by atoms with Gasteiger partial charge in [-0.1, -0.05) is 0 Å². The van der Waals surface area contributed by atoms with Crippen molar-refractivity contribution in [3.63, 3.8) is 0 Å². The highest BCUT2D eigenvalue weighted by atomic mass is 32.2. The Morgan fingerprint density at radius 3 is 2.25 bits per heavy atom. The summed E-state index contributed by atoms with van der Waals surface area (Å²) in [6.45, 7) is 4.27. The predicted molar refractivity (Wildman–Crippen MR) is 97.2 cm³/mol. The van der Waals surface area contributed by atoms with Crippen molar-refractivity contribution in [1.29, 1.82) is 0 Å². The van der Waals surface area contributed by atoms with Gasteiger partial charge in [0.05, 0.1) is 12.0 Å². The van der Waals surface area contributed by atoms with Crippen LogP contribution in [0.3, 0.4) is 0 Å². The van der Waals surface area contributed by atoms with Crippen LogP contribution in [-0.4, -0.2) is 78.0 Å². The molecule has 0 spiro atoms. The molecule has 162 valence electrons. The van der Waals surface area contributed by atoms with E-state index in [1.807, 2.05) is 13.2 Å². The highest BCUT2D eigenvalue weighted by Crippen LogP contribution is 2.45. The van der Waals surface area contributed by atoms with Crippen LogP contribution >= 0.6 is 11.8 Å². The number of aliphatic hydroxyl groups excluding tert-OH is 1. The summed E-state index contributed by atoms with van der Waals surface area (Å²) in [6.07, 6.45) is 3.60. The molecule has 4 N–H and O–H groups in total. The van der Waals surface area contributed by atoms with Crippen molar-refractivity contribution in [3.05, 3.63) is 0 Å². The summed E-state index contributed by atoms with van der Waals surface area (Å²) in [4.78, 5) is 41.5. The van der Waals surface area contributed by atoms with Gasteiger partial charge < -0.3 is 34.9 Å². The number of nitrogens with two attached hydrogens (primary N) is 1. The maximum atomic E-state index is 11.8. The second-order valence-corrected chi connectivity index (χ2v) is 7.50. The number of hydrogen-bond acceptors (Lipinski definition) is 9. The zero-order valence-electron chi connectivity index (χ0n) is 16.3. The van der Waals surface area contributed by atoms with Crippen molar-refractivity contribution >= 4 is 35.6 Å². The maximum Gasteiger partial charge on any atom is 0.364 e. The Balaban J connectivity index is 0.00000105. The van der Waals surface area contributed by atoms with E-state index < -0.39 is 18.0 Å². The molecular formula is C17H29NO9S. The van der Waals surface area contributed by atoms with Gasteiger partial charge in [0.15, 0.2) is 12.0 Å². The predicted octanol–water partition coefficient (Wildman–Crippen LogP) is -2.24. The molecule has 0 saturated heterocycles. The van der Waals surface area contributed by atoms with Gasteiger partial charge in [0, 0.05) is 6.42 Å². The van der Waals surface area contributed by atoms with Crippen molar-refractivity contribution in [1.82, 2.24) is 0 Å². The molecule has 11 heteroatoms. The second kappa shape index (κ2) is 13.3. The van der Waals surface area contributed by atoms with Crippen molar-refractivity contribution in [2.45, 2.75) is 45.3 Å². The van der Waals surface area contributed by atoms with Crippen LogP contribution < -0.4 is 10.4 Å². The molecule has 0 amide bonds. The number of carboxylic acids is 2. The van der Waals surface area contributed by atoms with Gasteiger partial charge in [0.2, 0.25) is 0 Å². The molecule has 0 bridgehead atoms. The van der Waals surface area contributed by atoms with Crippen LogP contribution in [0.1, 0.15) is 33.1 Å². The van der Waals surface area contributed by atoms with E-state index in [2.05, 4.69) is 0 Å². The van der Waals surface area contributed by atoms with Crippen LogP contribution in [0.25, 0.3) is 0 Å². The zero-order valence-corrected chi connectivity index (χ0v) is 17.2. The van der Waals surface area contributed by atoms with Gasteiger partial charge in [-0.05, 0) is 38.7 Å². The lowest BCUT2D eigenvalue weighted by atomic mass is 10.1. The summed E-state index contributed by atoms with van der Waals surface area (Å²) in [6, 6.07) is -0.321. The normalized spacial score (nSPS) is 16.0. The quantitative estimate of drug-likeness (QED) is 0.244. The fourth-order valence-corrected chi connectivity index (χ4v) is 2.44. The number of rotatable bonds is 11. The van der Waals surface area contributed by atoms with Gasteiger partial charge in [-0.2, -0.15) is 11.8 Å². The molecule has 28 heavy (non-hydrogen) atoms. The number of quaternary nitrogens is 1. The molecule has 0 aromatic heterocycles. The number of esters is 2. The molecule has 1 fully saturated rings. The standard InChI is InChI=1S/C15H27NO5S.C2H2O4/c1-4-20-13(18)12(5-8-22-3)16-9-11(17)10-21-14(19)15(2)6-7-15;3-1(4)2(5)6/h11-12,16-17H,4-10H2,1-3H3;(H,3,4)(H,5,6). The lowest BCUT2D eigenvalue weighted by Crippen LogP contribution is -2.94. The molecule has 0 heterocycles. The number of aliphatic carboxylic acids is 2. The minimum Gasteiger partial charge on any atom is -0.539 e. The lowest BCUT2D eigenvalue weighted by molar-refractivity contribution is -0.684. The first-order valence-electron chi connectivity index (χ1n) is 8.85. The number of thioether (sulfide) groups is 1. The van der Waals surface area contributed by atoms with Gasteiger partial charge in [-0.3, -0.25) is 4.79 Å². The summed E-state index contributed by atoms with van der Waals surface area (Å²) in [5.41, 5.74) is -0.338. The topological polar surface area (TPSA) is 167 Å². The van der Waals surface area contributed by atoms with Crippen molar-refractivity contribution in [2.24, 2.45) is 5.41 Å². The maximum absolute atomic E-state index is 11.8. The molecule has 0 aliphatic heterocycles. The molecule has 1 aliphatic carbocycles. The largest absolute Gasteiger partial charge is 0.539 e. The summed E-state index contributed by atoms with van der Waals surface area (Å²) in [5, 5.41) is 28.0. The Kier molecular flexibility index (Phi) is 12.5. The van der Waals surface area contributed by atoms with E-state index in [9.17, 15) is 14.7 Å². The smallest absolute Gasteiger partial charge is 0.364 e. The number of carbonyl (C=O) groups is 4. The Morgan fingerprint density at radius 2 is 1.82 bits per heavy atom. The molecule has 2 atom stereocenters. The van der Waals surface area contributed by atoms with Crippen molar-refractivity contribution in [2.75, 3.05) is 31.8 Å². The Hall–Kier alpha value is -1.85. The minimum absolute atomic E-state index is 0.0248. The first-order valence-corrected chi connectivity index (χ1v) is 10.2. The van der Waals surface area contributed by atoms with Gasteiger partial charge in [0.1, 0.15) is 19.3 Å². The Morgan fingerprint density at radius 1 is 1.25 bits per heavy atom. The average molecular weight is 423 g/mol. The third-order valence-corrected chi connectivity index (χ3v) is 4.63. The van der Waals surface area contributed by atoms with E-state index in [4.69, 9.17) is 29.3 Å². The van der Waals surface area contributed by atoms with Gasteiger partial charge in [-0.25, -0.2) is 9.59 Å². The highest BCUT2D eigenvalue weighted by Gasteiger charge is 2.46. The van der Waals surface area contributed by atoms with Crippen molar-refractivity contribution in [3.8, 4) is 0 Å². The van der Waals surface area contributed by atoms with Crippen LogP contribution in [0.5, 0.6) is 0 Å². The highest BCUT2D eigenvalue weighted by molar-refractivity contribution is 7.98. The van der Waals surface area contributed by atoms with Gasteiger partial charge in [-0.15, -0.1) is 0 Å². The monoisotopic (exact) mass is 423 g/mol. The molecule has 1 aliphatic rings. The molecule has 10 nitrogen and oxygen atoms in total. The SMILES string of the molecule is CCOC(=O)C(CCSC)[NH2+]CC(O)COC(=O)C1(C)CC1.O=C([O-])C(=O)O. The van der Waals surface area contributed by atoms with E-state index in [0.717, 1.165) is 18.6 Å². The molecule has 0 aromatic rings. The number of carboxylic acid groups (broad SMARTS) is 2. The average Bonchev–Trinajstić information content (AvgIpc) is 3.39. The van der Waals surface area contributed by atoms with Crippen LogP contribution in [0.15, 0.2) is 0 Å². The van der Waals surface area contributed by atoms with Gasteiger partial charge in [0.25, 0.3) is 0 Å². The first kappa shape index (κ1) is 26.1. The molecular weight excluding hydrogens is 394 g/mol. The number of ether oxygens (including phenoxy) is 2. The summed E-state index contributed by atoms with van der Waals surface area (Å²) in [5.74, 6) is -3.66. The lowest BCUT2D eigenvalue weighted by Gasteiger charge is -2.17. The van der Waals surface area contributed by atoms with Crippen LogP contribution in [0.2, 0.25) is 0 Å². The third kappa shape index (κ3) is 11.1. The summed E-state index contributed by atoms with van der Waals surface area (Å²) in [7, 11) is 0. The van der Waals surface area contributed by atoms with Gasteiger partial charge >= 0.3 is 17.9 Å². The van der Waals surface area contributed by atoms with E-state index in [1.165, 1.54) is 0 Å². The Bertz CT molecular complexity index is 525. The molecule has 1 rings (SSSR count). The van der Waals surface area contributed by atoms with E-state index in [-0.39, 0.29) is 30.0 Å². The second-order valence-electron chi connectivity index (χ2n) is 6.52. The fourth-order valence-electron chi connectivity index (χ4n) is 1.95. The van der Waals surface area contributed by atoms with Crippen LogP contribution in [0, 0.1) is 5.41 Å². The minimum atomic E-state index is -2.07. The number of carbonyl (C=O) groups excluding carboxylic acids is 3. The third-order valence-electron chi connectivity index (χ3n) is 3.99. The van der Waals surface area contributed by atoms with E-state index in [1.54, 1.807) is 24.0 Å². The zero-order chi connectivity index (χ0) is 21.7. The fraction of sp³-hybridized carbons (Fsp3) is 0.765. The van der Waals surface area contributed by atoms with Crippen LogP contribution in [-0.2, 0) is 28.7 Å². The molecule has 0 aromatic carbocycles. The Labute approximate surface area is 168 Å².